The lowest BCUT2D eigenvalue weighted by Crippen LogP contribution is -2.50. The summed E-state index contributed by atoms with van der Waals surface area (Å²) in [6.07, 6.45) is 2.62. The molecule has 3 unspecified atom stereocenters. The summed E-state index contributed by atoms with van der Waals surface area (Å²) in [7, 11) is 0. The van der Waals surface area contributed by atoms with Gasteiger partial charge in [0.2, 0.25) is 11.8 Å². The normalized spacial score (nSPS) is 28.2. The van der Waals surface area contributed by atoms with Crippen molar-refractivity contribution in [3.8, 4) is 0 Å². The number of hydrogen-bond donors (Lipinski definition) is 2. The van der Waals surface area contributed by atoms with Crippen molar-refractivity contribution in [3.63, 3.8) is 0 Å². The third-order valence-corrected chi connectivity index (χ3v) is 6.63. The summed E-state index contributed by atoms with van der Waals surface area (Å²) >= 11 is 7.36. The van der Waals surface area contributed by atoms with Gasteiger partial charge in [0, 0.05) is 35.5 Å². The van der Waals surface area contributed by atoms with Crippen LogP contribution < -0.4 is 10.6 Å². The van der Waals surface area contributed by atoms with Crippen molar-refractivity contribution in [1.82, 2.24) is 10.2 Å². The molecule has 2 fully saturated rings. The molecule has 0 bridgehead atoms. The number of ether oxygens (including phenoxy) is 1. The molecule has 1 aromatic rings. The Morgan fingerprint density at radius 1 is 1.46 bits per heavy atom. The van der Waals surface area contributed by atoms with E-state index in [-0.39, 0.29) is 24.3 Å². The number of benzene rings is 1. The summed E-state index contributed by atoms with van der Waals surface area (Å²) in [5.74, 6) is -0.282. The Hall–Kier alpha value is -1.28. The van der Waals surface area contributed by atoms with Crippen LogP contribution >= 0.6 is 23.4 Å². The van der Waals surface area contributed by atoms with Gasteiger partial charge in [-0.3, -0.25) is 14.5 Å². The largest absolute Gasteiger partial charge is 0.373 e. The number of hydrogen-bond acceptors (Lipinski definition) is 5. The summed E-state index contributed by atoms with van der Waals surface area (Å²) in [4.78, 5) is 27.9. The molecule has 26 heavy (non-hydrogen) atoms. The number of anilines is 1. The van der Waals surface area contributed by atoms with E-state index in [4.69, 9.17) is 16.3 Å². The molecule has 140 valence electrons. The van der Waals surface area contributed by atoms with Crippen LogP contribution in [0.5, 0.6) is 0 Å². The number of carbonyl (C=O) groups excluding carboxylic acids is 2. The average molecular weight is 396 g/mol. The molecule has 0 spiro atoms. The predicted octanol–water partition coefficient (Wildman–Crippen LogP) is 2.12. The molecule has 3 atom stereocenters. The number of rotatable bonds is 4. The van der Waals surface area contributed by atoms with Crippen LogP contribution in [0.1, 0.15) is 19.3 Å². The Labute approximate surface area is 162 Å². The standard InChI is InChI=1S/C18H22ClN3O3S/c19-11-3-4-15-14(6-11)21-18(24)16(26-15)7-17(23)20-8-13-9-22-5-1-2-12(22)10-25-13/h3-4,6,12-13,16H,1-2,5,7-10H2,(H,20,23)(H,21,24). The van der Waals surface area contributed by atoms with E-state index in [0.29, 0.717) is 23.3 Å². The zero-order valence-corrected chi connectivity index (χ0v) is 15.9. The summed E-state index contributed by atoms with van der Waals surface area (Å²) in [6.45, 7) is 3.24. The molecule has 1 aromatic carbocycles. The number of thioether (sulfide) groups is 1. The van der Waals surface area contributed by atoms with Gasteiger partial charge < -0.3 is 15.4 Å². The molecule has 2 amide bonds. The van der Waals surface area contributed by atoms with Crippen molar-refractivity contribution in [2.24, 2.45) is 0 Å². The number of carbonyl (C=O) groups is 2. The van der Waals surface area contributed by atoms with Crippen molar-refractivity contribution in [1.29, 1.82) is 0 Å². The summed E-state index contributed by atoms with van der Waals surface area (Å²) < 4.78 is 5.86. The maximum absolute atomic E-state index is 12.3. The minimum absolute atomic E-state index is 0.0315. The van der Waals surface area contributed by atoms with Gasteiger partial charge in [-0.15, -0.1) is 11.8 Å². The van der Waals surface area contributed by atoms with Crippen LogP contribution in [-0.4, -0.2) is 60.4 Å². The predicted molar refractivity (Wildman–Crippen MR) is 102 cm³/mol. The first-order valence-electron chi connectivity index (χ1n) is 8.98. The van der Waals surface area contributed by atoms with E-state index in [9.17, 15) is 9.59 Å². The second kappa shape index (κ2) is 7.76. The Morgan fingerprint density at radius 2 is 2.35 bits per heavy atom. The highest BCUT2D eigenvalue weighted by molar-refractivity contribution is 8.01. The molecule has 2 saturated heterocycles. The first kappa shape index (κ1) is 18.1. The fraction of sp³-hybridized carbons (Fsp3) is 0.556. The van der Waals surface area contributed by atoms with Crippen LogP contribution in [0, 0.1) is 0 Å². The van der Waals surface area contributed by atoms with Crippen LogP contribution in [0.2, 0.25) is 5.02 Å². The molecule has 0 aliphatic carbocycles. The van der Waals surface area contributed by atoms with E-state index < -0.39 is 5.25 Å². The van der Waals surface area contributed by atoms with Crippen LogP contribution in [-0.2, 0) is 14.3 Å². The first-order chi connectivity index (χ1) is 12.6. The third kappa shape index (κ3) is 4.01. The molecule has 2 N–H and O–H groups in total. The van der Waals surface area contributed by atoms with Crippen LogP contribution in [0.15, 0.2) is 23.1 Å². The Morgan fingerprint density at radius 3 is 3.23 bits per heavy atom. The number of morpholine rings is 1. The summed E-state index contributed by atoms with van der Waals surface area (Å²) in [6, 6.07) is 5.94. The van der Waals surface area contributed by atoms with Gasteiger partial charge in [0.15, 0.2) is 0 Å². The summed E-state index contributed by atoms with van der Waals surface area (Å²) in [5.41, 5.74) is 0.708. The van der Waals surface area contributed by atoms with Crippen molar-refractivity contribution in [3.05, 3.63) is 23.2 Å². The number of amides is 2. The average Bonchev–Trinajstić information content (AvgIpc) is 3.08. The molecular weight excluding hydrogens is 374 g/mol. The maximum atomic E-state index is 12.3. The lowest BCUT2D eigenvalue weighted by Gasteiger charge is -2.35. The van der Waals surface area contributed by atoms with Crippen molar-refractivity contribution < 1.29 is 14.3 Å². The molecule has 4 rings (SSSR count). The monoisotopic (exact) mass is 395 g/mol. The molecule has 3 aliphatic heterocycles. The molecule has 0 radical (unpaired) electrons. The van der Waals surface area contributed by atoms with E-state index in [1.807, 2.05) is 6.07 Å². The van der Waals surface area contributed by atoms with Crippen LogP contribution in [0.3, 0.4) is 0 Å². The van der Waals surface area contributed by atoms with E-state index in [1.54, 1.807) is 12.1 Å². The Bertz CT molecular complexity index is 717. The molecule has 8 heteroatoms. The quantitative estimate of drug-likeness (QED) is 0.817. The van der Waals surface area contributed by atoms with E-state index in [1.165, 1.54) is 24.6 Å². The number of nitrogens with one attached hydrogen (secondary N) is 2. The number of nitrogens with zero attached hydrogens (tertiary/aromatic N) is 1. The Balaban J connectivity index is 1.27. The first-order valence-corrected chi connectivity index (χ1v) is 10.2. The highest BCUT2D eigenvalue weighted by Crippen LogP contribution is 2.38. The minimum atomic E-state index is -0.432. The molecule has 3 heterocycles. The SMILES string of the molecule is O=C(CC1Sc2ccc(Cl)cc2NC1=O)NCC1CN2CCCC2CO1. The summed E-state index contributed by atoms with van der Waals surface area (Å²) in [5, 5.41) is 5.91. The van der Waals surface area contributed by atoms with E-state index >= 15 is 0 Å². The smallest absolute Gasteiger partial charge is 0.238 e. The lowest BCUT2D eigenvalue weighted by atomic mass is 10.2. The second-order valence-electron chi connectivity index (χ2n) is 6.99. The minimum Gasteiger partial charge on any atom is -0.373 e. The topological polar surface area (TPSA) is 70.7 Å². The van der Waals surface area contributed by atoms with Gasteiger partial charge in [-0.2, -0.15) is 0 Å². The van der Waals surface area contributed by atoms with Crippen LogP contribution in [0.25, 0.3) is 0 Å². The lowest BCUT2D eigenvalue weighted by molar-refractivity contribution is -0.125. The van der Waals surface area contributed by atoms with Crippen molar-refractivity contribution in [2.75, 3.05) is 31.6 Å². The van der Waals surface area contributed by atoms with Gasteiger partial charge in [0.25, 0.3) is 0 Å². The number of fused-ring (bicyclic) bond motifs is 2. The highest BCUT2D eigenvalue weighted by Gasteiger charge is 2.33. The van der Waals surface area contributed by atoms with Gasteiger partial charge in [-0.25, -0.2) is 0 Å². The fourth-order valence-electron chi connectivity index (χ4n) is 3.73. The molecule has 6 nitrogen and oxygen atoms in total. The number of halogens is 1. The molecule has 0 saturated carbocycles. The van der Waals surface area contributed by atoms with Crippen LogP contribution in [0.4, 0.5) is 5.69 Å². The van der Waals surface area contributed by atoms with E-state index in [0.717, 1.165) is 24.6 Å². The molecule has 3 aliphatic rings. The van der Waals surface area contributed by atoms with Gasteiger partial charge >= 0.3 is 0 Å². The second-order valence-corrected chi connectivity index (χ2v) is 8.67. The fourth-order valence-corrected chi connectivity index (χ4v) is 5.00. The van der Waals surface area contributed by atoms with Gasteiger partial charge in [-0.05, 0) is 37.6 Å². The van der Waals surface area contributed by atoms with Gasteiger partial charge in [0.1, 0.15) is 0 Å². The highest BCUT2D eigenvalue weighted by atomic mass is 35.5. The van der Waals surface area contributed by atoms with E-state index in [2.05, 4.69) is 15.5 Å². The maximum Gasteiger partial charge on any atom is 0.238 e. The molecular formula is C18H22ClN3O3S. The van der Waals surface area contributed by atoms with Gasteiger partial charge in [-0.1, -0.05) is 11.6 Å². The van der Waals surface area contributed by atoms with Gasteiger partial charge in [0.05, 0.1) is 23.6 Å². The zero-order valence-electron chi connectivity index (χ0n) is 14.4. The van der Waals surface area contributed by atoms with Crippen molar-refractivity contribution in [2.45, 2.75) is 41.6 Å². The third-order valence-electron chi connectivity index (χ3n) is 5.12. The molecule has 0 aromatic heterocycles. The zero-order chi connectivity index (χ0) is 18.1. The van der Waals surface area contributed by atoms with Crippen molar-refractivity contribution >= 4 is 40.9 Å². The Kier molecular flexibility index (Phi) is 5.40.